The summed E-state index contributed by atoms with van der Waals surface area (Å²) in [7, 11) is 0. The topological polar surface area (TPSA) is 29.3 Å². The van der Waals surface area contributed by atoms with Crippen molar-refractivity contribution in [2.75, 3.05) is 13.1 Å². The van der Waals surface area contributed by atoms with Crippen LogP contribution in [0.5, 0.6) is 0 Å². The van der Waals surface area contributed by atoms with E-state index in [0.29, 0.717) is 0 Å². The molecule has 2 nitrogen and oxygen atoms in total. The van der Waals surface area contributed by atoms with Gasteiger partial charge in [0.25, 0.3) is 0 Å². The predicted octanol–water partition coefficient (Wildman–Crippen LogP) is 4.52. The second kappa shape index (κ2) is 8.62. The Kier molecular flexibility index (Phi) is 6.26. The number of nitrogens with zero attached hydrogens (tertiary/aromatic N) is 1. The molecule has 1 heterocycles. The van der Waals surface area contributed by atoms with Gasteiger partial charge >= 0.3 is 0 Å². The maximum absolute atomic E-state index is 5.83. The third-order valence-corrected chi connectivity index (χ3v) is 5.89. The molecule has 0 aliphatic heterocycles. The summed E-state index contributed by atoms with van der Waals surface area (Å²) in [6.07, 6.45) is 5.33. The molecule has 0 unspecified atom stereocenters. The number of hydrogen-bond acceptors (Lipinski definition) is 3. The normalized spacial score (nSPS) is 21.7. The van der Waals surface area contributed by atoms with Crippen molar-refractivity contribution in [1.82, 2.24) is 4.90 Å². The van der Waals surface area contributed by atoms with Crippen molar-refractivity contribution in [2.45, 2.75) is 38.8 Å². The zero-order valence-corrected chi connectivity index (χ0v) is 14.7. The van der Waals surface area contributed by atoms with Gasteiger partial charge < -0.3 is 5.73 Å². The van der Waals surface area contributed by atoms with E-state index in [4.69, 9.17) is 5.73 Å². The lowest BCUT2D eigenvalue weighted by Gasteiger charge is -2.32. The first kappa shape index (κ1) is 16.7. The Morgan fingerprint density at radius 1 is 0.913 bits per heavy atom. The van der Waals surface area contributed by atoms with Gasteiger partial charge in [0.2, 0.25) is 0 Å². The average Bonchev–Trinajstić information content (AvgIpc) is 3.09. The fourth-order valence-electron chi connectivity index (χ4n) is 3.66. The van der Waals surface area contributed by atoms with E-state index >= 15 is 0 Å². The van der Waals surface area contributed by atoms with Gasteiger partial charge in [0.15, 0.2) is 0 Å². The molecule has 2 N–H and O–H groups in total. The van der Waals surface area contributed by atoms with Crippen LogP contribution in [0.1, 0.15) is 36.1 Å². The molecule has 23 heavy (non-hydrogen) atoms. The van der Waals surface area contributed by atoms with Gasteiger partial charge in [0.05, 0.1) is 0 Å². The van der Waals surface area contributed by atoms with Crippen molar-refractivity contribution in [3.05, 3.63) is 58.3 Å². The fraction of sp³-hybridized carbons (Fsp3) is 0.500. The molecule has 1 fully saturated rings. The van der Waals surface area contributed by atoms with Crippen LogP contribution < -0.4 is 5.73 Å². The Morgan fingerprint density at radius 2 is 1.65 bits per heavy atom. The Morgan fingerprint density at radius 3 is 2.30 bits per heavy atom. The third kappa shape index (κ3) is 5.17. The summed E-state index contributed by atoms with van der Waals surface area (Å²) in [6.45, 7) is 4.21. The molecular weight excluding hydrogens is 300 g/mol. The highest BCUT2D eigenvalue weighted by molar-refractivity contribution is 7.09. The first-order chi connectivity index (χ1) is 11.3. The van der Waals surface area contributed by atoms with E-state index in [1.165, 1.54) is 42.7 Å². The molecule has 0 spiro atoms. The van der Waals surface area contributed by atoms with E-state index in [9.17, 15) is 0 Å². The first-order valence-electron chi connectivity index (χ1n) is 8.82. The highest BCUT2D eigenvalue weighted by Gasteiger charge is 2.22. The fourth-order valence-corrected chi connectivity index (χ4v) is 4.41. The predicted molar refractivity (Wildman–Crippen MR) is 99.4 cm³/mol. The van der Waals surface area contributed by atoms with Crippen LogP contribution >= 0.6 is 11.3 Å². The van der Waals surface area contributed by atoms with Crippen molar-refractivity contribution in [1.29, 1.82) is 0 Å². The summed E-state index contributed by atoms with van der Waals surface area (Å²) in [5, 5.41) is 2.18. The quantitative estimate of drug-likeness (QED) is 0.810. The molecule has 3 heteroatoms. The molecule has 1 aliphatic rings. The summed E-state index contributed by atoms with van der Waals surface area (Å²) in [6, 6.07) is 15.3. The smallest absolute Gasteiger partial charge is 0.0331 e. The summed E-state index contributed by atoms with van der Waals surface area (Å²) in [4.78, 5) is 4.10. The van der Waals surface area contributed by atoms with E-state index in [2.05, 4.69) is 52.7 Å². The average molecular weight is 329 g/mol. The molecule has 0 bridgehead atoms. The first-order valence-corrected chi connectivity index (χ1v) is 9.70. The second-order valence-corrected chi connectivity index (χ2v) is 7.89. The molecular formula is C20H28N2S. The van der Waals surface area contributed by atoms with Crippen molar-refractivity contribution >= 4 is 11.3 Å². The van der Waals surface area contributed by atoms with Crippen LogP contribution in [0, 0.1) is 11.8 Å². The van der Waals surface area contributed by atoms with E-state index in [1.54, 1.807) is 0 Å². The van der Waals surface area contributed by atoms with Gasteiger partial charge in [-0.3, -0.25) is 4.90 Å². The van der Waals surface area contributed by atoms with Gasteiger partial charge in [0.1, 0.15) is 0 Å². The van der Waals surface area contributed by atoms with Crippen molar-refractivity contribution in [3.63, 3.8) is 0 Å². The van der Waals surface area contributed by atoms with Crippen molar-refractivity contribution in [2.24, 2.45) is 17.6 Å². The van der Waals surface area contributed by atoms with Gasteiger partial charge in [-0.15, -0.1) is 11.3 Å². The molecule has 1 saturated carbocycles. The molecule has 0 saturated heterocycles. The van der Waals surface area contributed by atoms with Gasteiger partial charge in [0, 0.05) is 24.5 Å². The van der Waals surface area contributed by atoms with Crippen LogP contribution in [-0.2, 0) is 13.1 Å². The lowest BCUT2D eigenvalue weighted by Crippen LogP contribution is -2.32. The minimum absolute atomic E-state index is 0.770. The van der Waals surface area contributed by atoms with Gasteiger partial charge in [-0.25, -0.2) is 0 Å². The summed E-state index contributed by atoms with van der Waals surface area (Å²) >= 11 is 1.87. The van der Waals surface area contributed by atoms with Gasteiger partial charge in [-0.1, -0.05) is 36.4 Å². The minimum atomic E-state index is 0.770. The van der Waals surface area contributed by atoms with Crippen LogP contribution in [0.4, 0.5) is 0 Å². The Bertz CT molecular complexity index is 544. The zero-order chi connectivity index (χ0) is 15.9. The summed E-state index contributed by atoms with van der Waals surface area (Å²) < 4.78 is 0. The molecule has 0 atom stereocenters. The summed E-state index contributed by atoms with van der Waals surface area (Å²) in [5.74, 6) is 1.60. The van der Waals surface area contributed by atoms with Crippen LogP contribution in [0.2, 0.25) is 0 Å². The maximum Gasteiger partial charge on any atom is 0.0331 e. The molecule has 124 valence electrons. The molecule has 0 amide bonds. The molecule has 1 aromatic carbocycles. The molecule has 3 rings (SSSR count). The van der Waals surface area contributed by atoms with Crippen molar-refractivity contribution in [3.8, 4) is 0 Å². The van der Waals surface area contributed by atoms with Gasteiger partial charge in [-0.05, 0) is 61.1 Å². The van der Waals surface area contributed by atoms with Crippen LogP contribution in [-0.4, -0.2) is 18.0 Å². The third-order valence-electron chi connectivity index (χ3n) is 5.02. The monoisotopic (exact) mass is 328 g/mol. The molecule has 0 radical (unpaired) electrons. The van der Waals surface area contributed by atoms with Crippen molar-refractivity contribution < 1.29 is 0 Å². The van der Waals surface area contributed by atoms with E-state index in [1.807, 2.05) is 11.3 Å². The zero-order valence-electron chi connectivity index (χ0n) is 13.9. The highest BCUT2D eigenvalue weighted by Crippen LogP contribution is 2.29. The number of thiophene rings is 1. The Labute approximate surface area is 144 Å². The second-order valence-electron chi connectivity index (χ2n) is 6.86. The lowest BCUT2D eigenvalue weighted by atomic mass is 9.82. The standard InChI is InChI=1S/C20H28N2S/c21-13-17-8-10-19(11-9-17)15-22(16-20-7-4-12-23-20)14-18-5-2-1-3-6-18/h1-7,12,17,19H,8-11,13-16,21H2. The molecule has 2 aromatic rings. The van der Waals surface area contributed by atoms with E-state index < -0.39 is 0 Å². The Balaban J connectivity index is 1.60. The highest BCUT2D eigenvalue weighted by atomic mass is 32.1. The minimum Gasteiger partial charge on any atom is -0.330 e. The van der Waals surface area contributed by atoms with Gasteiger partial charge in [-0.2, -0.15) is 0 Å². The summed E-state index contributed by atoms with van der Waals surface area (Å²) in [5.41, 5.74) is 7.25. The number of hydrogen-bond donors (Lipinski definition) is 1. The number of benzene rings is 1. The number of rotatable bonds is 7. The lowest BCUT2D eigenvalue weighted by molar-refractivity contribution is 0.171. The largest absolute Gasteiger partial charge is 0.330 e. The van der Waals surface area contributed by atoms with Crippen LogP contribution in [0.3, 0.4) is 0 Å². The van der Waals surface area contributed by atoms with Crippen LogP contribution in [0.25, 0.3) is 0 Å². The Hall–Kier alpha value is -1.16. The molecule has 1 aromatic heterocycles. The van der Waals surface area contributed by atoms with E-state index in [0.717, 1.165) is 31.5 Å². The number of nitrogens with two attached hydrogens (primary N) is 1. The van der Waals surface area contributed by atoms with Crippen LogP contribution in [0.15, 0.2) is 47.8 Å². The molecule has 1 aliphatic carbocycles. The SMILES string of the molecule is NCC1CCC(CN(Cc2ccccc2)Cc2cccs2)CC1. The maximum atomic E-state index is 5.83. The van der Waals surface area contributed by atoms with E-state index in [-0.39, 0.29) is 0 Å².